The lowest BCUT2D eigenvalue weighted by Gasteiger charge is -2.26. The van der Waals surface area contributed by atoms with E-state index in [1.807, 2.05) is 0 Å². The first-order valence-corrected chi connectivity index (χ1v) is 6.76. The zero-order chi connectivity index (χ0) is 15.4. The molecule has 0 saturated heterocycles. The smallest absolute Gasteiger partial charge is 0.306 e. The minimum absolute atomic E-state index is 0.0263. The number of carbonyl (C=O) groups excluding carboxylic acids is 1. The van der Waals surface area contributed by atoms with Gasteiger partial charge in [-0.25, -0.2) is 0 Å². The summed E-state index contributed by atoms with van der Waals surface area (Å²) >= 11 is 0. The number of para-hydroxylation sites is 1. The van der Waals surface area contributed by atoms with E-state index in [9.17, 15) is 20.0 Å². The highest BCUT2D eigenvalue weighted by atomic mass is 16.6. The fraction of sp³-hybridized carbons (Fsp3) is 0.462. The first-order valence-electron chi connectivity index (χ1n) is 6.76. The molecule has 0 aliphatic heterocycles. The van der Waals surface area contributed by atoms with Gasteiger partial charge in [0.2, 0.25) is 0 Å². The number of nitro groups is 1. The van der Waals surface area contributed by atoms with E-state index in [1.165, 1.54) is 18.2 Å². The quantitative estimate of drug-likeness (QED) is 0.371. The van der Waals surface area contributed by atoms with Crippen LogP contribution in [-0.4, -0.2) is 28.1 Å². The lowest BCUT2D eigenvalue weighted by Crippen LogP contribution is -2.38. The fourth-order valence-corrected chi connectivity index (χ4v) is 2.52. The van der Waals surface area contributed by atoms with E-state index in [0.29, 0.717) is 25.7 Å². The number of hydrogen-bond acceptors (Lipinski definition) is 6. The van der Waals surface area contributed by atoms with Crippen molar-refractivity contribution >= 4 is 17.3 Å². The number of hydrazine groups is 1. The number of amides is 1. The highest BCUT2D eigenvalue weighted by Gasteiger charge is 2.27. The standard InChI is InChI=1S/C13H18N4O4/c14-16-11-3-1-2-10(12(11)17(20)21)13(19)15-8-4-6-9(18)7-5-8/h1-3,8-9,16,18H,4-7,14H2,(H,15,19). The van der Waals surface area contributed by atoms with E-state index in [-0.39, 0.29) is 29.1 Å². The van der Waals surface area contributed by atoms with Crippen molar-refractivity contribution in [3.05, 3.63) is 33.9 Å². The molecule has 1 aromatic carbocycles. The normalized spacial score (nSPS) is 21.6. The molecule has 1 fully saturated rings. The van der Waals surface area contributed by atoms with Gasteiger partial charge in [0.25, 0.3) is 5.91 Å². The van der Waals surface area contributed by atoms with Crippen LogP contribution >= 0.6 is 0 Å². The lowest BCUT2D eigenvalue weighted by molar-refractivity contribution is -0.384. The Morgan fingerprint density at radius 2 is 2.00 bits per heavy atom. The van der Waals surface area contributed by atoms with Crippen LogP contribution in [0.15, 0.2) is 18.2 Å². The molecule has 1 aliphatic carbocycles. The zero-order valence-corrected chi connectivity index (χ0v) is 11.4. The first kappa shape index (κ1) is 15.2. The Bertz CT molecular complexity index is 541. The van der Waals surface area contributed by atoms with Crippen LogP contribution in [-0.2, 0) is 0 Å². The van der Waals surface area contributed by atoms with Gasteiger partial charge in [-0.2, -0.15) is 0 Å². The molecule has 0 spiro atoms. The highest BCUT2D eigenvalue weighted by Crippen LogP contribution is 2.28. The third-order valence-electron chi connectivity index (χ3n) is 3.65. The largest absolute Gasteiger partial charge is 0.393 e. The van der Waals surface area contributed by atoms with Crippen molar-refractivity contribution in [2.75, 3.05) is 5.43 Å². The number of rotatable bonds is 4. The number of carbonyl (C=O) groups is 1. The van der Waals surface area contributed by atoms with Crippen LogP contribution in [0.2, 0.25) is 0 Å². The molecular formula is C13H18N4O4. The lowest BCUT2D eigenvalue weighted by atomic mass is 9.93. The van der Waals surface area contributed by atoms with Crippen LogP contribution in [0.25, 0.3) is 0 Å². The van der Waals surface area contributed by atoms with Gasteiger partial charge in [0.05, 0.1) is 11.0 Å². The number of nitrogens with one attached hydrogen (secondary N) is 2. The summed E-state index contributed by atoms with van der Waals surface area (Å²) in [6.07, 6.45) is 2.25. The monoisotopic (exact) mass is 294 g/mol. The maximum atomic E-state index is 12.2. The number of benzene rings is 1. The van der Waals surface area contributed by atoms with Gasteiger partial charge in [-0.15, -0.1) is 0 Å². The summed E-state index contributed by atoms with van der Waals surface area (Å²) in [7, 11) is 0. The van der Waals surface area contributed by atoms with Crippen molar-refractivity contribution < 1.29 is 14.8 Å². The van der Waals surface area contributed by atoms with E-state index in [0.717, 1.165) is 0 Å². The second-order valence-corrected chi connectivity index (χ2v) is 5.08. The van der Waals surface area contributed by atoms with Crippen LogP contribution in [0.3, 0.4) is 0 Å². The van der Waals surface area contributed by atoms with Gasteiger partial charge in [-0.1, -0.05) is 6.07 Å². The second kappa shape index (κ2) is 6.51. The maximum absolute atomic E-state index is 12.2. The average Bonchev–Trinajstić information content (AvgIpc) is 2.48. The molecule has 1 aliphatic rings. The summed E-state index contributed by atoms with van der Waals surface area (Å²) in [6, 6.07) is 4.29. The highest BCUT2D eigenvalue weighted by molar-refractivity contribution is 6.00. The molecule has 8 heteroatoms. The molecule has 1 aromatic rings. The Morgan fingerprint density at radius 1 is 1.33 bits per heavy atom. The van der Waals surface area contributed by atoms with Crippen LogP contribution in [0, 0.1) is 10.1 Å². The Labute approximate surface area is 121 Å². The third-order valence-corrected chi connectivity index (χ3v) is 3.65. The molecule has 8 nitrogen and oxygen atoms in total. The van der Waals surface area contributed by atoms with Gasteiger partial charge < -0.3 is 15.8 Å². The maximum Gasteiger partial charge on any atom is 0.306 e. The first-order chi connectivity index (χ1) is 10.0. The molecule has 2 rings (SSSR count). The van der Waals surface area contributed by atoms with Crippen LogP contribution in [0.1, 0.15) is 36.0 Å². The minimum Gasteiger partial charge on any atom is -0.393 e. The molecule has 0 radical (unpaired) electrons. The van der Waals surface area contributed by atoms with E-state index in [2.05, 4.69) is 10.7 Å². The van der Waals surface area contributed by atoms with E-state index < -0.39 is 10.8 Å². The number of nitro benzene ring substituents is 1. The second-order valence-electron chi connectivity index (χ2n) is 5.08. The van der Waals surface area contributed by atoms with Crippen molar-refractivity contribution in [1.29, 1.82) is 0 Å². The van der Waals surface area contributed by atoms with Gasteiger partial charge in [0.1, 0.15) is 11.3 Å². The molecule has 1 saturated carbocycles. The Hall–Kier alpha value is -2.19. The summed E-state index contributed by atoms with van der Waals surface area (Å²) in [5, 5.41) is 23.4. The van der Waals surface area contributed by atoms with Crippen LogP contribution in [0.4, 0.5) is 11.4 Å². The zero-order valence-electron chi connectivity index (χ0n) is 11.4. The topological polar surface area (TPSA) is 131 Å². The molecule has 21 heavy (non-hydrogen) atoms. The predicted octanol–water partition coefficient (Wildman–Crippen LogP) is 0.914. The molecule has 1 amide bonds. The van der Waals surface area contributed by atoms with Crippen molar-refractivity contribution in [2.45, 2.75) is 37.8 Å². The molecule has 0 bridgehead atoms. The van der Waals surface area contributed by atoms with Gasteiger partial charge in [-0.3, -0.25) is 20.8 Å². The summed E-state index contributed by atoms with van der Waals surface area (Å²) in [5.41, 5.74) is 1.95. The average molecular weight is 294 g/mol. The summed E-state index contributed by atoms with van der Waals surface area (Å²) < 4.78 is 0. The van der Waals surface area contributed by atoms with Crippen LogP contribution in [0.5, 0.6) is 0 Å². The number of aliphatic hydroxyl groups is 1. The number of nitrogen functional groups attached to an aromatic ring is 1. The van der Waals surface area contributed by atoms with Gasteiger partial charge in [0.15, 0.2) is 0 Å². The van der Waals surface area contributed by atoms with Crippen molar-refractivity contribution in [3.63, 3.8) is 0 Å². The number of anilines is 1. The number of nitrogens with zero attached hydrogens (tertiary/aromatic N) is 1. The third kappa shape index (κ3) is 3.47. The van der Waals surface area contributed by atoms with Crippen molar-refractivity contribution in [1.82, 2.24) is 5.32 Å². The molecular weight excluding hydrogens is 276 g/mol. The van der Waals surface area contributed by atoms with Crippen molar-refractivity contribution in [2.24, 2.45) is 5.84 Å². The van der Waals surface area contributed by atoms with E-state index >= 15 is 0 Å². The van der Waals surface area contributed by atoms with Gasteiger partial charge in [-0.05, 0) is 37.8 Å². The Kier molecular flexibility index (Phi) is 4.71. The molecule has 0 unspecified atom stereocenters. The number of aliphatic hydroxyl groups excluding tert-OH is 1. The SMILES string of the molecule is NNc1cccc(C(=O)NC2CCC(O)CC2)c1[N+](=O)[O-]. The number of hydrogen-bond donors (Lipinski definition) is 4. The summed E-state index contributed by atoms with van der Waals surface area (Å²) in [5.74, 6) is 4.74. The van der Waals surface area contributed by atoms with Crippen molar-refractivity contribution in [3.8, 4) is 0 Å². The molecule has 114 valence electrons. The Morgan fingerprint density at radius 3 is 2.57 bits per heavy atom. The molecule has 0 aromatic heterocycles. The summed E-state index contributed by atoms with van der Waals surface area (Å²) in [6.45, 7) is 0. The van der Waals surface area contributed by atoms with Gasteiger partial charge >= 0.3 is 5.69 Å². The fourth-order valence-electron chi connectivity index (χ4n) is 2.52. The van der Waals surface area contributed by atoms with Crippen LogP contribution < -0.4 is 16.6 Å². The molecule has 0 heterocycles. The van der Waals surface area contributed by atoms with E-state index in [1.54, 1.807) is 0 Å². The molecule has 0 atom stereocenters. The summed E-state index contributed by atoms with van der Waals surface area (Å²) in [4.78, 5) is 22.7. The Balaban J connectivity index is 2.17. The molecule has 5 N–H and O–H groups in total. The predicted molar refractivity (Wildman–Crippen MR) is 76.6 cm³/mol. The minimum atomic E-state index is -0.630. The van der Waals surface area contributed by atoms with Gasteiger partial charge in [0, 0.05) is 6.04 Å². The number of nitrogens with two attached hydrogens (primary N) is 1. The van der Waals surface area contributed by atoms with E-state index in [4.69, 9.17) is 5.84 Å².